The molecule has 0 amide bonds. The Labute approximate surface area is 136 Å². The Morgan fingerprint density at radius 1 is 1.26 bits per heavy atom. The average molecular weight is 313 g/mol. The Bertz CT molecular complexity index is 676. The molecule has 4 N–H and O–H groups in total. The van der Waals surface area contributed by atoms with Gasteiger partial charge in [-0.2, -0.15) is 0 Å². The van der Waals surface area contributed by atoms with E-state index in [0.29, 0.717) is 23.1 Å². The van der Waals surface area contributed by atoms with Crippen molar-refractivity contribution in [2.45, 2.75) is 25.3 Å². The lowest BCUT2D eigenvalue weighted by molar-refractivity contribution is 0.477. The maximum atomic E-state index is 10.0. The number of aromatic nitrogens is 2. The van der Waals surface area contributed by atoms with Crippen LogP contribution in [0.25, 0.3) is 11.3 Å². The molecule has 6 nitrogen and oxygen atoms in total. The number of aromatic hydroxyl groups is 1. The fraction of sp³-hybridized carbons (Fsp3) is 0.412. The molecule has 1 aliphatic rings. The van der Waals surface area contributed by atoms with Gasteiger partial charge in [0.15, 0.2) is 5.82 Å². The monoisotopic (exact) mass is 313 g/mol. The van der Waals surface area contributed by atoms with Gasteiger partial charge >= 0.3 is 0 Å². The maximum Gasteiger partial charge on any atom is 0.169 e. The maximum absolute atomic E-state index is 10.0. The van der Waals surface area contributed by atoms with Crippen LogP contribution in [-0.2, 0) is 0 Å². The number of nitrogens with one attached hydrogen (secondary N) is 1. The molecule has 0 radical (unpaired) electrons. The van der Waals surface area contributed by atoms with Crippen LogP contribution in [-0.4, -0.2) is 41.5 Å². The van der Waals surface area contributed by atoms with Gasteiger partial charge in [-0.25, -0.2) is 0 Å². The van der Waals surface area contributed by atoms with Crippen LogP contribution in [0.2, 0.25) is 0 Å². The minimum absolute atomic E-state index is 0.196. The minimum Gasteiger partial charge on any atom is -0.507 e. The highest BCUT2D eigenvalue weighted by Gasteiger charge is 2.20. The Kier molecular flexibility index (Phi) is 4.62. The largest absolute Gasteiger partial charge is 0.507 e. The highest BCUT2D eigenvalue weighted by atomic mass is 16.3. The quantitative estimate of drug-likeness (QED) is 0.803. The number of nitrogen functional groups attached to an aromatic ring is 1. The normalized spacial score (nSPS) is 18.7. The number of phenolic OH excluding ortho intramolecular Hbond substituents is 1. The summed E-state index contributed by atoms with van der Waals surface area (Å²) < 4.78 is 0. The van der Waals surface area contributed by atoms with Crippen LogP contribution >= 0.6 is 0 Å². The van der Waals surface area contributed by atoms with Crippen LogP contribution in [0.5, 0.6) is 5.75 Å². The van der Waals surface area contributed by atoms with Crippen molar-refractivity contribution in [1.82, 2.24) is 15.5 Å². The first kappa shape index (κ1) is 15.6. The molecule has 2 heterocycles. The zero-order chi connectivity index (χ0) is 16.2. The second kappa shape index (κ2) is 6.83. The average Bonchev–Trinajstić information content (AvgIpc) is 2.81. The summed E-state index contributed by atoms with van der Waals surface area (Å²) in [4.78, 5) is 2.27. The molecule has 0 spiro atoms. The molecule has 1 atom stereocenters. The summed E-state index contributed by atoms with van der Waals surface area (Å²) in [7, 11) is 2.00. The first-order valence-corrected chi connectivity index (χ1v) is 8.03. The molecule has 1 aromatic heterocycles. The van der Waals surface area contributed by atoms with E-state index in [-0.39, 0.29) is 5.75 Å². The minimum atomic E-state index is 0.196. The van der Waals surface area contributed by atoms with Crippen molar-refractivity contribution in [1.29, 1.82) is 0 Å². The predicted molar refractivity (Wildman–Crippen MR) is 92.5 cm³/mol. The zero-order valence-corrected chi connectivity index (χ0v) is 13.4. The van der Waals surface area contributed by atoms with Crippen molar-refractivity contribution >= 4 is 11.5 Å². The SMILES string of the molecule is CN[C@@H]1CCCCN(c2cc(-c3ccccc3O)nnc2N)C1. The number of benzene rings is 1. The summed E-state index contributed by atoms with van der Waals surface area (Å²) in [5, 5.41) is 21.7. The van der Waals surface area contributed by atoms with Crippen LogP contribution in [0.3, 0.4) is 0 Å². The number of para-hydroxylation sites is 1. The molecular weight excluding hydrogens is 290 g/mol. The topological polar surface area (TPSA) is 87.3 Å². The Morgan fingerprint density at radius 3 is 2.87 bits per heavy atom. The summed E-state index contributed by atoms with van der Waals surface area (Å²) in [5.41, 5.74) is 8.27. The number of hydrogen-bond donors (Lipinski definition) is 3. The molecule has 0 bridgehead atoms. The van der Waals surface area contributed by atoms with Gasteiger partial charge in [-0.05, 0) is 38.1 Å². The van der Waals surface area contributed by atoms with Crippen molar-refractivity contribution in [2.24, 2.45) is 0 Å². The number of nitrogens with zero attached hydrogens (tertiary/aromatic N) is 3. The fourth-order valence-corrected chi connectivity index (χ4v) is 3.06. The summed E-state index contributed by atoms with van der Waals surface area (Å²) in [5.74, 6) is 0.627. The molecule has 122 valence electrons. The van der Waals surface area contributed by atoms with Crippen LogP contribution in [0, 0.1) is 0 Å². The van der Waals surface area contributed by atoms with Gasteiger partial charge in [0.05, 0.1) is 11.4 Å². The molecule has 3 rings (SSSR count). The molecule has 1 aliphatic heterocycles. The van der Waals surface area contributed by atoms with Crippen molar-refractivity contribution in [3.05, 3.63) is 30.3 Å². The van der Waals surface area contributed by atoms with E-state index in [4.69, 9.17) is 5.73 Å². The molecular formula is C17H23N5O. The molecule has 0 aliphatic carbocycles. The van der Waals surface area contributed by atoms with E-state index in [2.05, 4.69) is 20.4 Å². The smallest absolute Gasteiger partial charge is 0.169 e. The van der Waals surface area contributed by atoms with E-state index in [1.54, 1.807) is 12.1 Å². The molecule has 23 heavy (non-hydrogen) atoms. The van der Waals surface area contributed by atoms with Crippen molar-refractivity contribution < 1.29 is 5.11 Å². The lowest BCUT2D eigenvalue weighted by atomic mass is 10.1. The van der Waals surface area contributed by atoms with E-state index < -0.39 is 0 Å². The first-order valence-electron chi connectivity index (χ1n) is 8.03. The van der Waals surface area contributed by atoms with Crippen molar-refractivity contribution in [3.8, 4) is 17.0 Å². The third-order valence-corrected chi connectivity index (χ3v) is 4.40. The van der Waals surface area contributed by atoms with E-state index in [9.17, 15) is 5.11 Å². The summed E-state index contributed by atoms with van der Waals surface area (Å²) >= 11 is 0. The number of phenols is 1. The summed E-state index contributed by atoms with van der Waals surface area (Å²) in [6.45, 7) is 1.85. The van der Waals surface area contributed by atoms with Gasteiger partial charge in [-0.1, -0.05) is 18.6 Å². The Hall–Kier alpha value is -2.34. The molecule has 0 saturated carbocycles. The highest BCUT2D eigenvalue weighted by Crippen LogP contribution is 2.32. The molecule has 0 unspecified atom stereocenters. The molecule has 6 heteroatoms. The van der Waals surface area contributed by atoms with Crippen LogP contribution in [0.1, 0.15) is 19.3 Å². The van der Waals surface area contributed by atoms with E-state index >= 15 is 0 Å². The molecule has 1 aromatic carbocycles. The van der Waals surface area contributed by atoms with Crippen LogP contribution in [0.15, 0.2) is 30.3 Å². The second-order valence-electron chi connectivity index (χ2n) is 5.94. The van der Waals surface area contributed by atoms with Gasteiger partial charge < -0.3 is 21.1 Å². The molecule has 2 aromatic rings. The van der Waals surface area contributed by atoms with Gasteiger partial charge in [0.2, 0.25) is 0 Å². The van der Waals surface area contributed by atoms with Gasteiger partial charge in [0.25, 0.3) is 0 Å². The second-order valence-corrected chi connectivity index (χ2v) is 5.94. The lowest BCUT2D eigenvalue weighted by Crippen LogP contribution is -2.38. The van der Waals surface area contributed by atoms with Crippen molar-refractivity contribution in [3.63, 3.8) is 0 Å². The van der Waals surface area contributed by atoms with Gasteiger partial charge in [0, 0.05) is 24.7 Å². The lowest BCUT2D eigenvalue weighted by Gasteiger charge is -2.27. The Balaban J connectivity index is 1.96. The number of rotatable bonds is 3. The summed E-state index contributed by atoms with van der Waals surface area (Å²) in [6, 6.07) is 9.51. The summed E-state index contributed by atoms with van der Waals surface area (Å²) in [6.07, 6.45) is 3.50. The highest BCUT2D eigenvalue weighted by molar-refractivity contribution is 5.74. The zero-order valence-electron chi connectivity index (χ0n) is 13.4. The van der Waals surface area contributed by atoms with E-state index in [1.807, 2.05) is 25.2 Å². The number of nitrogens with two attached hydrogens (primary N) is 1. The Morgan fingerprint density at radius 2 is 2.09 bits per heavy atom. The number of likely N-dealkylation sites (N-methyl/N-ethyl adjacent to an activating group) is 1. The third kappa shape index (κ3) is 3.37. The molecule has 1 saturated heterocycles. The van der Waals surface area contributed by atoms with Gasteiger partial charge in [0.1, 0.15) is 5.75 Å². The van der Waals surface area contributed by atoms with Crippen molar-refractivity contribution in [2.75, 3.05) is 30.8 Å². The van der Waals surface area contributed by atoms with Gasteiger partial charge in [-0.3, -0.25) is 0 Å². The van der Waals surface area contributed by atoms with E-state index in [1.165, 1.54) is 6.42 Å². The van der Waals surface area contributed by atoms with Crippen LogP contribution in [0.4, 0.5) is 11.5 Å². The standard InChI is InChI=1S/C17H23N5O/c1-19-12-6-4-5-9-22(11-12)15-10-14(20-21-17(15)18)13-7-2-3-8-16(13)23/h2-3,7-8,10,12,19,23H,4-6,9,11H2,1H3,(H2,18,21)/t12-/m1/s1. The first-order chi connectivity index (χ1) is 11.2. The van der Waals surface area contributed by atoms with Crippen LogP contribution < -0.4 is 16.0 Å². The fourth-order valence-electron chi connectivity index (χ4n) is 3.06. The number of anilines is 2. The van der Waals surface area contributed by atoms with E-state index in [0.717, 1.165) is 31.6 Å². The third-order valence-electron chi connectivity index (χ3n) is 4.40. The number of hydrogen-bond acceptors (Lipinski definition) is 6. The van der Waals surface area contributed by atoms with Gasteiger partial charge in [-0.15, -0.1) is 10.2 Å². The molecule has 1 fully saturated rings. The predicted octanol–water partition coefficient (Wildman–Crippen LogP) is 2.01.